The van der Waals surface area contributed by atoms with Crippen LogP contribution in [0.5, 0.6) is 5.75 Å². The van der Waals surface area contributed by atoms with Gasteiger partial charge in [-0.15, -0.1) is 0 Å². The van der Waals surface area contributed by atoms with Crippen LogP contribution in [0, 0.1) is 6.92 Å². The molecule has 146 valence electrons. The maximum atomic E-state index is 12.4. The summed E-state index contributed by atoms with van der Waals surface area (Å²) in [6, 6.07) is 6.84. The molecule has 2 aromatic heterocycles. The SMILES string of the molecule is CCn1cc(NC(=O)c2ccn(COc3ccc(Cl)cc3C)n2)c(C(N)=O)n1. The molecule has 0 bridgehead atoms. The van der Waals surface area contributed by atoms with Crippen LogP contribution in [0.4, 0.5) is 5.69 Å². The van der Waals surface area contributed by atoms with Crippen molar-refractivity contribution >= 4 is 29.1 Å². The third kappa shape index (κ3) is 4.32. The number of nitrogens with zero attached hydrogens (tertiary/aromatic N) is 4. The van der Waals surface area contributed by atoms with Crippen molar-refractivity contribution in [1.29, 1.82) is 0 Å². The van der Waals surface area contributed by atoms with Gasteiger partial charge in [-0.05, 0) is 43.7 Å². The lowest BCUT2D eigenvalue weighted by molar-refractivity contribution is 0.0995. The highest BCUT2D eigenvalue weighted by Gasteiger charge is 2.18. The highest BCUT2D eigenvalue weighted by molar-refractivity contribution is 6.30. The first kappa shape index (κ1) is 19.4. The van der Waals surface area contributed by atoms with E-state index in [9.17, 15) is 9.59 Å². The molecule has 10 heteroatoms. The van der Waals surface area contributed by atoms with Gasteiger partial charge in [0, 0.05) is 24.0 Å². The van der Waals surface area contributed by atoms with Gasteiger partial charge in [0.1, 0.15) is 5.75 Å². The summed E-state index contributed by atoms with van der Waals surface area (Å²) in [5.74, 6) is -0.539. The van der Waals surface area contributed by atoms with Gasteiger partial charge in [0.05, 0.1) is 5.69 Å². The topological polar surface area (TPSA) is 117 Å². The lowest BCUT2D eigenvalue weighted by atomic mass is 10.2. The van der Waals surface area contributed by atoms with Gasteiger partial charge in [-0.25, -0.2) is 4.68 Å². The summed E-state index contributed by atoms with van der Waals surface area (Å²) >= 11 is 5.93. The van der Waals surface area contributed by atoms with Crippen molar-refractivity contribution in [2.24, 2.45) is 5.73 Å². The first-order chi connectivity index (χ1) is 13.4. The van der Waals surface area contributed by atoms with Crippen LogP contribution in [0.25, 0.3) is 0 Å². The average Bonchev–Trinajstić information content (AvgIpc) is 3.28. The van der Waals surface area contributed by atoms with Crippen molar-refractivity contribution < 1.29 is 14.3 Å². The molecule has 0 fully saturated rings. The number of carbonyl (C=O) groups excluding carboxylic acids is 2. The van der Waals surface area contributed by atoms with Crippen molar-refractivity contribution in [3.05, 3.63) is 58.6 Å². The molecule has 9 nitrogen and oxygen atoms in total. The van der Waals surface area contributed by atoms with E-state index in [1.54, 1.807) is 36.7 Å². The molecule has 0 saturated heterocycles. The van der Waals surface area contributed by atoms with Crippen LogP contribution < -0.4 is 15.8 Å². The van der Waals surface area contributed by atoms with E-state index in [4.69, 9.17) is 22.1 Å². The Bertz CT molecular complexity index is 1030. The van der Waals surface area contributed by atoms with Crippen molar-refractivity contribution in [2.45, 2.75) is 27.1 Å². The number of carbonyl (C=O) groups is 2. The molecule has 0 aliphatic carbocycles. The first-order valence-electron chi connectivity index (χ1n) is 8.48. The Hall–Kier alpha value is -3.33. The second-order valence-corrected chi connectivity index (χ2v) is 6.43. The average molecular weight is 403 g/mol. The van der Waals surface area contributed by atoms with Crippen LogP contribution in [-0.4, -0.2) is 31.4 Å². The van der Waals surface area contributed by atoms with Gasteiger partial charge >= 0.3 is 0 Å². The normalized spacial score (nSPS) is 10.7. The minimum atomic E-state index is -0.722. The van der Waals surface area contributed by atoms with Crippen LogP contribution >= 0.6 is 11.6 Å². The minimum Gasteiger partial charge on any atom is -0.471 e. The summed E-state index contributed by atoms with van der Waals surface area (Å²) in [6.45, 7) is 4.39. The molecule has 1 aromatic carbocycles. The van der Waals surface area contributed by atoms with E-state index in [2.05, 4.69) is 15.5 Å². The summed E-state index contributed by atoms with van der Waals surface area (Å²) < 4.78 is 8.68. The highest BCUT2D eigenvalue weighted by atomic mass is 35.5. The van der Waals surface area contributed by atoms with Crippen molar-refractivity contribution in [3.63, 3.8) is 0 Å². The number of primary amides is 1. The van der Waals surface area contributed by atoms with Gasteiger partial charge < -0.3 is 15.8 Å². The maximum absolute atomic E-state index is 12.4. The molecule has 3 rings (SSSR count). The van der Waals surface area contributed by atoms with Crippen molar-refractivity contribution in [2.75, 3.05) is 5.32 Å². The van der Waals surface area contributed by atoms with Gasteiger partial charge in [0.15, 0.2) is 18.1 Å². The summed E-state index contributed by atoms with van der Waals surface area (Å²) in [6.07, 6.45) is 3.16. The van der Waals surface area contributed by atoms with Gasteiger partial charge in [-0.3, -0.25) is 14.3 Å². The quantitative estimate of drug-likeness (QED) is 0.629. The van der Waals surface area contributed by atoms with E-state index in [-0.39, 0.29) is 23.8 Å². The Labute approximate surface area is 166 Å². The molecule has 3 aromatic rings. The number of aromatic nitrogens is 4. The number of halogens is 1. The summed E-state index contributed by atoms with van der Waals surface area (Å²) in [4.78, 5) is 23.9. The Balaban J connectivity index is 1.67. The maximum Gasteiger partial charge on any atom is 0.276 e. The Morgan fingerprint density at radius 3 is 2.71 bits per heavy atom. The molecule has 0 aliphatic rings. The fourth-order valence-electron chi connectivity index (χ4n) is 2.51. The van der Waals surface area contributed by atoms with Crippen LogP contribution in [0.3, 0.4) is 0 Å². The van der Waals surface area contributed by atoms with Crippen molar-refractivity contribution in [3.8, 4) is 5.75 Å². The summed E-state index contributed by atoms with van der Waals surface area (Å²) in [5.41, 5.74) is 6.60. The predicted molar refractivity (Wildman–Crippen MR) is 103 cm³/mol. The van der Waals surface area contributed by atoms with Crippen LogP contribution in [-0.2, 0) is 13.3 Å². The number of nitrogens with one attached hydrogen (secondary N) is 1. The number of ether oxygens (including phenoxy) is 1. The highest BCUT2D eigenvalue weighted by Crippen LogP contribution is 2.22. The minimum absolute atomic E-state index is 0.00354. The van der Waals surface area contributed by atoms with Crippen LogP contribution in [0.1, 0.15) is 33.5 Å². The van der Waals surface area contributed by atoms with E-state index >= 15 is 0 Å². The number of aryl methyl sites for hydroxylation is 2. The van der Waals surface area contributed by atoms with E-state index in [0.717, 1.165) is 5.56 Å². The monoisotopic (exact) mass is 402 g/mol. The van der Waals surface area contributed by atoms with Crippen LogP contribution in [0.2, 0.25) is 5.02 Å². The first-order valence-corrected chi connectivity index (χ1v) is 8.86. The lowest BCUT2D eigenvalue weighted by Crippen LogP contribution is -2.18. The Morgan fingerprint density at radius 1 is 1.25 bits per heavy atom. The zero-order chi connectivity index (χ0) is 20.3. The predicted octanol–water partition coefficient (Wildman–Crippen LogP) is 2.45. The molecular weight excluding hydrogens is 384 g/mol. The Kier molecular flexibility index (Phi) is 5.65. The second kappa shape index (κ2) is 8.13. The smallest absolute Gasteiger partial charge is 0.276 e. The number of hydrogen-bond acceptors (Lipinski definition) is 5. The van der Waals surface area contributed by atoms with Gasteiger partial charge in [0.25, 0.3) is 11.8 Å². The fraction of sp³-hybridized carbons (Fsp3) is 0.222. The molecule has 28 heavy (non-hydrogen) atoms. The number of hydrogen-bond donors (Lipinski definition) is 2. The number of anilines is 1. The third-order valence-electron chi connectivity index (χ3n) is 3.93. The number of nitrogens with two attached hydrogens (primary N) is 1. The fourth-order valence-corrected chi connectivity index (χ4v) is 2.73. The van der Waals surface area contributed by atoms with Gasteiger partial charge in [-0.2, -0.15) is 10.2 Å². The number of rotatable bonds is 7. The molecule has 0 radical (unpaired) electrons. The Morgan fingerprint density at radius 2 is 2.04 bits per heavy atom. The zero-order valence-corrected chi connectivity index (χ0v) is 16.1. The number of amides is 2. The third-order valence-corrected chi connectivity index (χ3v) is 4.16. The second-order valence-electron chi connectivity index (χ2n) is 5.99. The molecule has 0 atom stereocenters. The zero-order valence-electron chi connectivity index (χ0n) is 15.3. The standard InChI is InChI=1S/C18H19ClN6O3/c1-3-24-9-14(16(23-24)17(20)26)21-18(27)13-6-7-25(22-13)10-28-15-5-4-12(19)8-11(15)2/h4-9H,3,10H2,1-2H3,(H2,20,26)(H,21,27). The molecule has 0 spiro atoms. The summed E-state index contributed by atoms with van der Waals surface area (Å²) in [5, 5.41) is 11.5. The molecule has 0 saturated carbocycles. The van der Waals surface area contributed by atoms with E-state index in [0.29, 0.717) is 17.3 Å². The number of benzene rings is 1. The van der Waals surface area contributed by atoms with E-state index in [1.807, 2.05) is 13.8 Å². The van der Waals surface area contributed by atoms with E-state index in [1.165, 1.54) is 9.36 Å². The van der Waals surface area contributed by atoms with E-state index < -0.39 is 11.8 Å². The van der Waals surface area contributed by atoms with Crippen LogP contribution in [0.15, 0.2) is 36.7 Å². The molecule has 2 amide bonds. The van der Waals surface area contributed by atoms with Gasteiger partial charge in [0.2, 0.25) is 0 Å². The molecule has 0 unspecified atom stereocenters. The largest absolute Gasteiger partial charge is 0.471 e. The molecular formula is C18H19ClN6O3. The van der Waals surface area contributed by atoms with Gasteiger partial charge in [-0.1, -0.05) is 11.6 Å². The molecule has 0 aliphatic heterocycles. The molecule has 2 heterocycles. The summed E-state index contributed by atoms with van der Waals surface area (Å²) in [7, 11) is 0. The lowest BCUT2D eigenvalue weighted by Gasteiger charge is -2.09. The molecule has 3 N–H and O–H groups in total. The van der Waals surface area contributed by atoms with Crippen molar-refractivity contribution in [1.82, 2.24) is 19.6 Å².